The predicted molar refractivity (Wildman–Crippen MR) is 103 cm³/mol. The van der Waals surface area contributed by atoms with Crippen molar-refractivity contribution in [2.75, 3.05) is 7.11 Å². The van der Waals surface area contributed by atoms with Crippen molar-refractivity contribution >= 4 is 0 Å². The van der Waals surface area contributed by atoms with Gasteiger partial charge in [-0.1, -0.05) is 60.5 Å². The summed E-state index contributed by atoms with van der Waals surface area (Å²) in [5.74, 6) is 0.958. The third-order valence-electron chi connectivity index (χ3n) is 5.63. The van der Waals surface area contributed by atoms with Gasteiger partial charge in [-0.3, -0.25) is 4.90 Å². The highest BCUT2D eigenvalue weighted by atomic mass is 16.5. The number of benzene rings is 2. The molecule has 2 heterocycles. The molecule has 0 aliphatic carbocycles. The summed E-state index contributed by atoms with van der Waals surface area (Å²) in [6.07, 6.45) is 8.81. The van der Waals surface area contributed by atoms with Gasteiger partial charge in [0.1, 0.15) is 5.75 Å². The molecule has 4 rings (SSSR count). The minimum absolute atomic E-state index is 0.605. The lowest BCUT2D eigenvalue weighted by Crippen LogP contribution is -2.48. The van der Waals surface area contributed by atoms with Crippen molar-refractivity contribution in [3.05, 3.63) is 77.4 Å². The lowest BCUT2D eigenvalue weighted by molar-refractivity contribution is 0.0880. The van der Waals surface area contributed by atoms with Crippen molar-refractivity contribution in [2.45, 2.75) is 50.7 Å². The van der Waals surface area contributed by atoms with Crippen molar-refractivity contribution in [1.82, 2.24) is 4.90 Å². The zero-order valence-corrected chi connectivity index (χ0v) is 15.0. The van der Waals surface area contributed by atoms with Gasteiger partial charge in [0.25, 0.3) is 0 Å². The molecule has 25 heavy (non-hydrogen) atoms. The maximum absolute atomic E-state index is 5.37. The second-order valence-electron chi connectivity index (χ2n) is 7.37. The summed E-state index contributed by atoms with van der Waals surface area (Å²) in [6, 6.07) is 20.7. The van der Waals surface area contributed by atoms with E-state index in [0.29, 0.717) is 12.1 Å². The Kier molecular flexibility index (Phi) is 4.89. The summed E-state index contributed by atoms with van der Waals surface area (Å²) in [5, 5.41) is 0. The van der Waals surface area contributed by atoms with Crippen molar-refractivity contribution in [2.24, 2.45) is 0 Å². The second-order valence-corrected chi connectivity index (χ2v) is 7.37. The number of rotatable bonds is 5. The molecule has 0 radical (unpaired) electrons. The van der Waals surface area contributed by atoms with Gasteiger partial charge in [0.05, 0.1) is 7.11 Å². The number of fused-ring (bicyclic) bond motifs is 2. The van der Waals surface area contributed by atoms with Crippen LogP contribution >= 0.6 is 0 Å². The maximum atomic E-state index is 5.37. The average molecular weight is 333 g/mol. The van der Waals surface area contributed by atoms with Gasteiger partial charge in [-0.15, -0.1) is 0 Å². The highest BCUT2D eigenvalue weighted by molar-refractivity contribution is 5.32. The molecular weight excluding hydrogens is 306 g/mol. The first-order valence-electron chi connectivity index (χ1n) is 9.44. The Morgan fingerprint density at radius 1 is 1.00 bits per heavy atom. The van der Waals surface area contributed by atoms with E-state index in [1.165, 1.54) is 36.8 Å². The van der Waals surface area contributed by atoms with E-state index in [9.17, 15) is 0 Å². The van der Waals surface area contributed by atoms with Crippen molar-refractivity contribution < 1.29 is 4.74 Å². The van der Waals surface area contributed by atoms with Crippen LogP contribution in [0.4, 0.5) is 0 Å². The van der Waals surface area contributed by atoms with Crippen LogP contribution in [0.1, 0.15) is 36.8 Å². The van der Waals surface area contributed by atoms with Gasteiger partial charge in [0, 0.05) is 18.6 Å². The minimum atomic E-state index is 0.605. The van der Waals surface area contributed by atoms with Crippen LogP contribution in [0, 0.1) is 0 Å². The Morgan fingerprint density at radius 2 is 1.84 bits per heavy atom. The molecule has 0 spiro atoms. The molecule has 0 aromatic heterocycles. The molecule has 0 amide bonds. The van der Waals surface area contributed by atoms with Crippen LogP contribution in [0.5, 0.6) is 5.75 Å². The summed E-state index contributed by atoms with van der Waals surface area (Å²) >= 11 is 0. The molecule has 0 saturated carbocycles. The van der Waals surface area contributed by atoms with Gasteiger partial charge in [-0.25, -0.2) is 0 Å². The van der Waals surface area contributed by atoms with Crippen LogP contribution in [-0.2, 0) is 13.0 Å². The zero-order valence-electron chi connectivity index (χ0n) is 15.0. The largest absolute Gasteiger partial charge is 0.497 e. The number of hydrogen-bond donors (Lipinski definition) is 0. The highest BCUT2D eigenvalue weighted by Crippen LogP contribution is 2.35. The molecule has 2 aliphatic heterocycles. The Morgan fingerprint density at radius 3 is 2.64 bits per heavy atom. The SMILES string of the molecule is COc1cccc(CC2=CC3CCCC(C2)N3Cc2ccccc2)c1. The molecule has 2 aromatic rings. The van der Waals surface area contributed by atoms with Crippen LogP contribution in [0.2, 0.25) is 0 Å². The number of hydrogen-bond acceptors (Lipinski definition) is 2. The van der Waals surface area contributed by atoms with Crippen LogP contribution < -0.4 is 4.74 Å². The number of methoxy groups -OCH3 is 1. The Hall–Kier alpha value is -2.06. The van der Waals surface area contributed by atoms with Crippen LogP contribution in [0.3, 0.4) is 0 Å². The smallest absolute Gasteiger partial charge is 0.119 e. The minimum Gasteiger partial charge on any atom is -0.497 e. The van der Waals surface area contributed by atoms with E-state index in [0.717, 1.165) is 18.7 Å². The number of ether oxygens (including phenoxy) is 1. The lowest BCUT2D eigenvalue weighted by Gasteiger charge is -2.45. The molecule has 1 saturated heterocycles. The van der Waals surface area contributed by atoms with Gasteiger partial charge in [-0.05, 0) is 48.9 Å². The first-order chi connectivity index (χ1) is 12.3. The third kappa shape index (κ3) is 3.80. The van der Waals surface area contributed by atoms with Gasteiger partial charge < -0.3 is 4.74 Å². The molecule has 2 heteroatoms. The van der Waals surface area contributed by atoms with E-state index in [-0.39, 0.29) is 0 Å². The van der Waals surface area contributed by atoms with Gasteiger partial charge in [0.15, 0.2) is 0 Å². The normalized spacial score (nSPS) is 23.2. The predicted octanol–water partition coefficient (Wildman–Crippen LogP) is 4.99. The summed E-state index contributed by atoms with van der Waals surface area (Å²) in [7, 11) is 1.74. The first-order valence-corrected chi connectivity index (χ1v) is 9.44. The molecule has 2 nitrogen and oxygen atoms in total. The molecule has 1 fully saturated rings. The lowest BCUT2D eigenvalue weighted by atomic mass is 9.83. The Bertz CT molecular complexity index is 737. The quantitative estimate of drug-likeness (QED) is 0.715. The van der Waals surface area contributed by atoms with E-state index < -0.39 is 0 Å². The van der Waals surface area contributed by atoms with Gasteiger partial charge >= 0.3 is 0 Å². The fourth-order valence-corrected chi connectivity index (χ4v) is 4.42. The summed E-state index contributed by atoms with van der Waals surface area (Å²) < 4.78 is 5.37. The third-order valence-corrected chi connectivity index (χ3v) is 5.63. The van der Waals surface area contributed by atoms with E-state index in [1.54, 1.807) is 12.7 Å². The van der Waals surface area contributed by atoms with Crippen molar-refractivity contribution in [1.29, 1.82) is 0 Å². The van der Waals surface area contributed by atoms with Crippen molar-refractivity contribution in [3.8, 4) is 5.75 Å². The molecule has 0 N–H and O–H groups in total. The maximum Gasteiger partial charge on any atom is 0.119 e. The van der Waals surface area contributed by atoms with E-state index in [2.05, 4.69) is 59.5 Å². The van der Waals surface area contributed by atoms with Crippen LogP contribution in [0.25, 0.3) is 0 Å². The Balaban J connectivity index is 1.50. The zero-order chi connectivity index (χ0) is 17.1. The molecule has 2 unspecified atom stereocenters. The first kappa shape index (κ1) is 16.4. The van der Waals surface area contributed by atoms with E-state index in [1.807, 2.05) is 6.07 Å². The molecule has 2 aromatic carbocycles. The van der Waals surface area contributed by atoms with Crippen LogP contribution in [-0.4, -0.2) is 24.1 Å². The second kappa shape index (κ2) is 7.45. The van der Waals surface area contributed by atoms with E-state index in [4.69, 9.17) is 4.74 Å². The molecule has 2 aliphatic rings. The summed E-state index contributed by atoms with van der Waals surface area (Å²) in [5.41, 5.74) is 4.40. The molecule has 130 valence electrons. The highest BCUT2D eigenvalue weighted by Gasteiger charge is 2.33. The summed E-state index contributed by atoms with van der Waals surface area (Å²) in [4.78, 5) is 2.73. The molecular formula is C23H27NO. The summed E-state index contributed by atoms with van der Waals surface area (Å²) in [6.45, 7) is 1.08. The topological polar surface area (TPSA) is 12.5 Å². The Labute approximate surface area is 151 Å². The van der Waals surface area contributed by atoms with Crippen LogP contribution in [0.15, 0.2) is 66.2 Å². The van der Waals surface area contributed by atoms with Gasteiger partial charge in [-0.2, -0.15) is 0 Å². The van der Waals surface area contributed by atoms with Gasteiger partial charge in [0.2, 0.25) is 0 Å². The van der Waals surface area contributed by atoms with E-state index >= 15 is 0 Å². The fourth-order valence-electron chi connectivity index (χ4n) is 4.42. The van der Waals surface area contributed by atoms with Crippen molar-refractivity contribution in [3.63, 3.8) is 0 Å². The monoisotopic (exact) mass is 333 g/mol. The number of nitrogens with zero attached hydrogens (tertiary/aromatic N) is 1. The fraction of sp³-hybridized carbons (Fsp3) is 0.391. The molecule has 2 bridgehead atoms. The standard InChI is InChI=1S/C23H27NO/c1-25-23-12-5-9-19(16-23)13-20-14-21-10-6-11-22(15-20)24(21)17-18-7-3-2-4-8-18/h2-5,7-9,12,14,16,21-22H,6,10-11,13,15,17H2,1H3. The average Bonchev–Trinajstić information content (AvgIpc) is 2.63. The number of piperidine rings is 1. The molecule has 2 atom stereocenters.